The molecular weight excluding hydrogens is 309 g/mol. The van der Waals surface area contributed by atoms with Gasteiger partial charge in [0.1, 0.15) is 0 Å². The first-order chi connectivity index (χ1) is 8.38. The quantitative estimate of drug-likeness (QED) is 0.616. The summed E-state index contributed by atoms with van der Waals surface area (Å²) in [6, 6.07) is 5.58. The van der Waals surface area contributed by atoms with Gasteiger partial charge in [-0.2, -0.15) is 13.2 Å². The van der Waals surface area contributed by atoms with Crippen LogP contribution in [0.1, 0.15) is 24.8 Å². The summed E-state index contributed by atoms with van der Waals surface area (Å²) >= 11 is 3.31. The minimum absolute atomic E-state index is 0.159. The van der Waals surface area contributed by atoms with E-state index in [1.54, 1.807) is 6.07 Å². The lowest BCUT2D eigenvalue weighted by Gasteiger charge is -2.09. The Kier molecular flexibility index (Phi) is 5.95. The van der Waals surface area contributed by atoms with Crippen LogP contribution in [0.5, 0.6) is 0 Å². The zero-order valence-corrected chi connectivity index (χ0v) is 11.4. The first-order valence-corrected chi connectivity index (χ1v) is 6.49. The van der Waals surface area contributed by atoms with Crippen LogP contribution in [0.3, 0.4) is 0 Å². The second kappa shape index (κ2) is 6.99. The molecule has 0 fully saturated rings. The Morgan fingerprint density at radius 3 is 2.56 bits per heavy atom. The number of halogens is 4. The topological polar surface area (TPSA) is 38.0 Å². The molecule has 2 nitrogen and oxygen atoms in total. The lowest BCUT2D eigenvalue weighted by Crippen LogP contribution is -2.16. The number of nitrogens with one attached hydrogen (secondary N) is 1. The molecule has 1 aromatic carbocycles. The molecule has 3 N–H and O–H groups in total. The molecule has 0 aliphatic rings. The third-order valence-electron chi connectivity index (χ3n) is 2.49. The maximum Gasteiger partial charge on any atom is 0.389 e. The van der Waals surface area contributed by atoms with Crippen molar-refractivity contribution < 1.29 is 13.2 Å². The maximum absolute atomic E-state index is 11.9. The van der Waals surface area contributed by atoms with Gasteiger partial charge in [0, 0.05) is 23.1 Å². The Hall–Kier alpha value is -0.750. The number of hydrogen-bond donors (Lipinski definition) is 2. The van der Waals surface area contributed by atoms with E-state index in [2.05, 4.69) is 21.2 Å². The van der Waals surface area contributed by atoms with E-state index in [-0.39, 0.29) is 6.42 Å². The first-order valence-electron chi connectivity index (χ1n) is 5.70. The second-order valence-corrected chi connectivity index (χ2v) is 5.01. The van der Waals surface area contributed by atoms with Crippen molar-refractivity contribution in [1.29, 1.82) is 0 Å². The highest BCUT2D eigenvalue weighted by molar-refractivity contribution is 9.10. The van der Waals surface area contributed by atoms with Gasteiger partial charge in [-0.05, 0) is 37.1 Å². The Bertz CT molecular complexity index is 380. The van der Waals surface area contributed by atoms with Crippen molar-refractivity contribution in [3.8, 4) is 0 Å². The van der Waals surface area contributed by atoms with Crippen LogP contribution in [0.2, 0.25) is 0 Å². The number of rotatable bonds is 6. The van der Waals surface area contributed by atoms with Crippen molar-refractivity contribution in [2.24, 2.45) is 0 Å². The van der Waals surface area contributed by atoms with E-state index in [1.807, 2.05) is 12.1 Å². The molecule has 0 bridgehead atoms. The molecule has 0 aliphatic heterocycles. The molecule has 0 aromatic heterocycles. The first kappa shape index (κ1) is 15.3. The minimum atomic E-state index is -4.05. The monoisotopic (exact) mass is 324 g/mol. The van der Waals surface area contributed by atoms with E-state index in [0.717, 1.165) is 10.0 Å². The Morgan fingerprint density at radius 1 is 1.22 bits per heavy atom. The largest absolute Gasteiger partial charge is 0.398 e. The van der Waals surface area contributed by atoms with Crippen molar-refractivity contribution in [2.75, 3.05) is 12.3 Å². The zero-order valence-electron chi connectivity index (χ0n) is 9.86. The molecule has 0 radical (unpaired) electrons. The van der Waals surface area contributed by atoms with Crippen molar-refractivity contribution in [3.05, 3.63) is 28.2 Å². The molecular formula is C12H16BrF3N2. The highest BCUT2D eigenvalue weighted by Gasteiger charge is 2.25. The molecule has 0 unspecified atom stereocenters. The lowest BCUT2D eigenvalue weighted by atomic mass is 10.2. The Morgan fingerprint density at radius 2 is 1.94 bits per heavy atom. The van der Waals surface area contributed by atoms with Gasteiger partial charge in [-0.25, -0.2) is 0 Å². The fourth-order valence-corrected chi connectivity index (χ4v) is 1.90. The van der Waals surface area contributed by atoms with E-state index < -0.39 is 12.6 Å². The molecule has 1 rings (SSSR count). The van der Waals surface area contributed by atoms with E-state index in [0.29, 0.717) is 25.2 Å². The number of unbranched alkanes of at least 4 members (excludes halogenated alkanes) is 1. The average molecular weight is 325 g/mol. The SMILES string of the molecule is Nc1cc(Br)ccc1CNCCCCC(F)(F)F. The summed E-state index contributed by atoms with van der Waals surface area (Å²) in [6.45, 7) is 1.14. The number of anilines is 1. The molecule has 6 heteroatoms. The summed E-state index contributed by atoms with van der Waals surface area (Å²) < 4.78 is 36.5. The molecule has 102 valence electrons. The van der Waals surface area contributed by atoms with Crippen molar-refractivity contribution in [2.45, 2.75) is 32.0 Å². The minimum Gasteiger partial charge on any atom is -0.398 e. The van der Waals surface area contributed by atoms with Gasteiger partial charge < -0.3 is 11.1 Å². The molecule has 0 amide bonds. The van der Waals surface area contributed by atoms with Crippen molar-refractivity contribution in [3.63, 3.8) is 0 Å². The summed E-state index contributed by atoms with van der Waals surface area (Å²) in [6.07, 6.45) is -4.09. The van der Waals surface area contributed by atoms with E-state index in [4.69, 9.17) is 5.73 Å². The normalized spacial score (nSPS) is 11.8. The smallest absolute Gasteiger partial charge is 0.389 e. The summed E-state index contributed by atoms with van der Waals surface area (Å²) in [5.41, 5.74) is 7.43. The van der Waals surface area contributed by atoms with Gasteiger partial charge in [0.15, 0.2) is 0 Å². The fraction of sp³-hybridized carbons (Fsp3) is 0.500. The molecule has 0 heterocycles. The maximum atomic E-state index is 11.9. The molecule has 0 saturated carbocycles. The Balaban J connectivity index is 2.18. The number of hydrogen-bond acceptors (Lipinski definition) is 2. The van der Waals surface area contributed by atoms with Gasteiger partial charge in [-0.1, -0.05) is 22.0 Å². The molecule has 18 heavy (non-hydrogen) atoms. The number of alkyl halides is 3. The van der Waals surface area contributed by atoms with Crippen LogP contribution < -0.4 is 11.1 Å². The van der Waals surface area contributed by atoms with Gasteiger partial charge >= 0.3 is 6.18 Å². The van der Waals surface area contributed by atoms with Crippen LogP contribution in [0.25, 0.3) is 0 Å². The molecule has 1 aromatic rings. The van der Waals surface area contributed by atoms with Gasteiger partial charge in [-0.15, -0.1) is 0 Å². The lowest BCUT2D eigenvalue weighted by molar-refractivity contribution is -0.135. The molecule has 0 atom stereocenters. The number of benzene rings is 1. The summed E-state index contributed by atoms with van der Waals surface area (Å²) in [7, 11) is 0. The van der Waals surface area contributed by atoms with Crippen LogP contribution >= 0.6 is 15.9 Å². The van der Waals surface area contributed by atoms with Crippen molar-refractivity contribution in [1.82, 2.24) is 5.32 Å². The predicted octanol–water partition coefficient (Wildman–Crippen LogP) is 3.85. The fourth-order valence-electron chi connectivity index (χ4n) is 1.53. The highest BCUT2D eigenvalue weighted by Crippen LogP contribution is 2.22. The van der Waals surface area contributed by atoms with Gasteiger partial charge in [-0.3, -0.25) is 0 Å². The van der Waals surface area contributed by atoms with Gasteiger partial charge in [0.25, 0.3) is 0 Å². The van der Waals surface area contributed by atoms with Gasteiger partial charge in [0.05, 0.1) is 0 Å². The van der Waals surface area contributed by atoms with Gasteiger partial charge in [0.2, 0.25) is 0 Å². The van der Waals surface area contributed by atoms with Crippen LogP contribution in [0, 0.1) is 0 Å². The van der Waals surface area contributed by atoms with E-state index in [9.17, 15) is 13.2 Å². The molecule has 0 spiro atoms. The van der Waals surface area contributed by atoms with Crippen LogP contribution in [0.15, 0.2) is 22.7 Å². The van der Waals surface area contributed by atoms with Crippen molar-refractivity contribution >= 4 is 21.6 Å². The Labute approximate surface area is 113 Å². The van der Waals surface area contributed by atoms with E-state index in [1.165, 1.54) is 0 Å². The number of nitrogens with two attached hydrogens (primary N) is 1. The van der Waals surface area contributed by atoms with E-state index >= 15 is 0 Å². The standard InChI is InChI=1S/C12H16BrF3N2/c13-10-4-3-9(11(17)7-10)8-18-6-2-1-5-12(14,15)16/h3-4,7,18H,1-2,5-6,8,17H2. The van der Waals surface area contributed by atoms with Crippen LogP contribution in [-0.2, 0) is 6.54 Å². The predicted molar refractivity (Wildman–Crippen MR) is 70.2 cm³/mol. The van der Waals surface area contributed by atoms with Crippen LogP contribution in [0.4, 0.5) is 18.9 Å². The third-order valence-corrected chi connectivity index (χ3v) is 2.98. The summed E-state index contributed by atoms with van der Waals surface area (Å²) in [4.78, 5) is 0. The third kappa shape index (κ3) is 6.26. The molecule has 0 saturated heterocycles. The summed E-state index contributed by atoms with van der Waals surface area (Å²) in [5.74, 6) is 0. The molecule has 0 aliphatic carbocycles. The number of nitrogen functional groups attached to an aromatic ring is 1. The zero-order chi connectivity index (χ0) is 13.6. The summed E-state index contributed by atoms with van der Waals surface area (Å²) in [5, 5.41) is 3.09. The average Bonchev–Trinajstić information content (AvgIpc) is 2.24. The highest BCUT2D eigenvalue weighted by atomic mass is 79.9. The van der Waals surface area contributed by atoms with Crippen LogP contribution in [-0.4, -0.2) is 12.7 Å². The second-order valence-electron chi connectivity index (χ2n) is 4.09.